The zero-order valence-corrected chi connectivity index (χ0v) is 23.5. The number of thiocarbonyl (C=S) groups is 2. The van der Waals surface area contributed by atoms with Crippen molar-refractivity contribution in [2.24, 2.45) is 0 Å². The van der Waals surface area contributed by atoms with Crippen LogP contribution in [-0.4, -0.2) is 28.6 Å². The zero-order valence-electron chi connectivity index (χ0n) is 17.3. The van der Waals surface area contributed by atoms with Crippen LogP contribution in [0.15, 0.2) is 97.6 Å². The molecule has 0 atom stereocenters. The molecule has 0 unspecified atom stereocenters. The van der Waals surface area contributed by atoms with Gasteiger partial charge in [0.15, 0.2) is 0 Å². The molecule has 11 heteroatoms. The van der Waals surface area contributed by atoms with Gasteiger partial charge in [-0.3, -0.25) is 9.80 Å². The van der Waals surface area contributed by atoms with Crippen LogP contribution >= 0.6 is 24.4 Å². The minimum absolute atomic E-state index is 0. The predicted molar refractivity (Wildman–Crippen MR) is 141 cm³/mol. The maximum Gasteiger partial charge on any atom is 2.00 e. The second-order valence-corrected chi connectivity index (χ2v) is 8.02. The molecule has 4 heterocycles. The van der Waals surface area contributed by atoms with Crippen molar-refractivity contribution in [3.05, 3.63) is 97.6 Å². The number of aromatic nitrogens is 4. The van der Waals surface area contributed by atoms with Crippen molar-refractivity contribution in [1.29, 1.82) is 0 Å². The molecule has 0 fully saturated rings. The quantitative estimate of drug-likeness (QED) is 0.197. The molecule has 0 spiro atoms. The first kappa shape index (κ1) is 26.7. The summed E-state index contributed by atoms with van der Waals surface area (Å²) in [6, 6.07) is 22.2. The van der Waals surface area contributed by atoms with Crippen molar-refractivity contribution in [3.8, 4) is 0 Å². The van der Waals surface area contributed by atoms with Gasteiger partial charge in [-0.2, -0.15) is 0 Å². The summed E-state index contributed by atoms with van der Waals surface area (Å²) in [4.78, 5) is 20.1. The Bertz CT molecular complexity index is 967. The third-order valence-corrected chi connectivity index (χ3v) is 4.61. The Kier molecular flexibility index (Phi) is 11.2. The SMILES string of the molecule is S=C([S-])N(c1ccccn1)c1ccccn1.S=C([S-])N(c1ccccn1)c1ccccn1.[Zn+2]. The third-order valence-electron chi connectivity index (χ3n) is 3.88. The molecule has 0 amide bonds. The number of pyridine rings is 4. The first-order chi connectivity index (χ1) is 15.6. The second-order valence-electron chi connectivity index (χ2n) is 5.95. The molecule has 4 aromatic heterocycles. The summed E-state index contributed by atoms with van der Waals surface area (Å²) in [5, 5.41) is 0. The Balaban J connectivity index is 0.000000227. The van der Waals surface area contributed by atoms with Crippen LogP contribution in [0, 0.1) is 0 Å². The number of anilines is 4. The summed E-state index contributed by atoms with van der Waals surface area (Å²) in [6.07, 6.45) is 6.77. The molecule has 0 radical (unpaired) electrons. The van der Waals surface area contributed by atoms with Gasteiger partial charge in [-0.25, -0.2) is 19.9 Å². The summed E-state index contributed by atoms with van der Waals surface area (Å²) >= 11 is 20.2. The molecule has 6 nitrogen and oxygen atoms in total. The van der Waals surface area contributed by atoms with E-state index in [0.717, 1.165) is 0 Å². The molecule has 0 saturated carbocycles. The van der Waals surface area contributed by atoms with Crippen molar-refractivity contribution >= 4 is 81.6 Å². The summed E-state index contributed by atoms with van der Waals surface area (Å²) in [6.45, 7) is 0. The van der Waals surface area contributed by atoms with Gasteiger partial charge in [0.05, 0.1) is 0 Å². The number of hydrogen-bond donors (Lipinski definition) is 0. The zero-order chi connectivity index (χ0) is 22.8. The Hall–Kier alpha value is -2.56. The Labute approximate surface area is 227 Å². The maximum atomic E-state index is 5.04. The van der Waals surface area contributed by atoms with E-state index in [-0.39, 0.29) is 19.5 Å². The van der Waals surface area contributed by atoms with Crippen molar-refractivity contribution in [2.45, 2.75) is 0 Å². The molecular weight excluding hydrogens is 542 g/mol. The maximum absolute atomic E-state index is 5.04. The van der Waals surface area contributed by atoms with Gasteiger partial charge in [-0.1, -0.05) is 32.9 Å². The van der Waals surface area contributed by atoms with E-state index in [1.807, 2.05) is 72.8 Å². The molecule has 0 aliphatic carbocycles. The van der Waals surface area contributed by atoms with Gasteiger partial charge < -0.3 is 49.7 Å². The average molecular weight is 558 g/mol. The molecule has 160 valence electrons. The van der Waals surface area contributed by atoms with E-state index in [9.17, 15) is 0 Å². The molecule has 4 rings (SSSR count). The van der Waals surface area contributed by atoms with E-state index < -0.39 is 0 Å². The molecule has 0 N–H and O–H groups in total. The van der Waals surface area contributed by atoms with Gasteiger partial charge >= 0.3 is 19.5 Å². The average Bonchev–Trinajstić information content (AvgIpc) is 2.82. The molecular formula is C22H16N6S4Zn. The van der Waals surface area contributed by atoms with Gasteiger partial charge in [0.1, 0.15) is 23.3 Å². The second kappa shape index (κ2) is 13.9. The van der Waals surface area contributed by atoms with Crippen LogP contribution in [0.3, 0.4) is 0 Å². The van der Waals surface area contributed by atoms with Crippen molar-refractivity contribution in [3.63, 3.8) is 0 Å². The van der Waals surface area contributed by atoms with Crippen molar-refractivity contribution in [2.75, 3.05) is 9.80 Å². The van der Waals surface area contributed by atoms with Crippen LogP contribution in [0.5, 0.6) is 0 Å². The van der Waals surface area contributed by atoms with Crippen LogP contribution in [0.4, 0.5) is 23.3 Å². The van der Waals surface area contributed by atoms with E-state index in [0.29, 0.717) is 31.9 Å². The third kappa shape index (κ3) is 7.76. The molecule has 0 aromatic carbocycles. The van der Waals surface area contributed by atoms with Crippen LogP contribution in [0.2, 0.25) is 0 Å². The number of hydrogen-bond acceptors (Lipinski definition) is 8. The minimum Gasteiger partial charge on any atom is -0.410 e. The van der Waals surface area contributed by atoms with E-state index in [1.54, 1.807) is 34.6 Å². The van der Waals surface area contributed by atoms with Gasteiger partial charge in [0, 0.05) is 24.8 Å². The molecule has 0 aliphatic rings. The summed E-state index contributed by atoms with van der Waals surface area (Å²) < 4.78 is 0.606. The Morgan fingerprint density at radius 3 is 0.909 bits per heavy atom. The topological polar surface area (TPSA) is 58.0 Å². The van der Waals surface area contributed by atoms with Gasteiger partial charge in [-0.15, -0.1) is 0 Å². The summed E-state index contributed by atoms with van der Waals surface area (Å²) in [5.74, 6) is 2.73. The summed E-state index contributed by atoms with van der Waals surface area (Å²) in [7, 11) is 0. The van der Waals surface area contributed by atoms with Crippen molar-refractivity contribution < 1.29 is 19.5 Å². The first-order valence-corrected chi connectivity index (χ1v) is 10.9. The smallest absolute Gasteiger partial charge is 0.410 e. The monoisotopic (exact) mass is 556 g/mol. The molecule has 0 saturated heterocycles. The van der Waals surface area contributed by atoms with Gasteiger partial charge in [0.2, 0.25) is 0 Å². The standard InChI is InChI=1S/2C11H9N3S2.Zn/c2*15-11(16)14(9-5-1-3-7-12-9)10-6-2-4-8-13-10;/h2*1-8H,(H,15,16);/q;;+2/p-2. The van der Waals surface area contributed by atoms with Crippen LogP contribution in [-0.2, 0) is 44.7 Å². The normalized spacial score (nSPS) is 9.45. The fourth-order valence-corrected chi connectivity index (χ4v) is 3.30. The fraction of sp³-hybridized carbons (Fsp3) is 0. The van der Waals surface area contributed by atoms with Crippen molar-refractivity contribution in [1.82, 2.24) is 19.9 Å². The first-order valence-electron chi connectivity index (χ1n) is 9.24. The fourth-order valence-electron chi connectivity index (χ4n) is 2.55. The van der Waals surface area contributed by atoms with Crippen LogP contribution in [0.25, 0.3) is 0 Å². The van der Waals surface area contributed by atoms with Gasteiger partial charge in [-0.05, 0) is 48.5 Å². The van der Waals surface area contributed by atoms with E-state index in [2.05, 4.69) is 19.9 Å². The van der Waals surface area contributed by atoms with Crippen LogP contribution in [0.1, 0.15) is 0 Å². The molecule has 33 heavy (non-hydrogen) atoms. The Morgan fingerprint density at radius 2 is 0.758 bits per heavy atom. The molecule has 0 bridgehead atoms. The summed E-state index contributed by atoms with van der Waals surface area (Å²) in [5.41, 5.74) is 0. The van der Waals surface area contributed by atoms with Crippen LogP contribution < -0.4 is 9.80 Å². The van der Waals surface area contributed by atoms with E-state index in [1.165, 1.54) is 0 Å². The van der Waals surface area contributed by atoms with E-state index in [4.69, 9.17) is 49.7 Å². The number of nitrogens with zero attached hydrogens (tertiary/aromatic N) is 6. The molecule has 4 aromatic rings. The van der Waals surface area contributed by atoms with Gasteiger partial charge in [0.25, 0.3) is 0 Å². The predicted octanol–water partition coefficient (Wildman–Crippen LogP) is 4.89. The largest absolute Gasteiger partial charge is 2.00 e. The Morgan fingerprint density at radius 1 is 0.515 bits per heavy atom. The van der Waals surface area contributed by atoms with E-state index >= 15 is 0 Å². The number of rotatable bonds is 4. The minimum atomic E-state index is 0. The molecule has 0 aliphatic heterocycles.